The third kappa shape index (κ3) is 1.53. The van der Waals surface area contributed by atoms with Gasteiger partial charge in [-0.15, -0.1) is 0 Å². The van der Waals surface area contributed by atoms with Crippen molar-refractivity contribution < 1.29 is 13.2 Å². The van der Waals surface area contributed by atoms with Crippen molar-refractivity contribution in [3.05, 3.63) is 28.3 Å². The molecule has 12 heavy (non-hydrogen) atoms. The summed E-state index contributed by atoms with van der Waals surface area (Å²) in [5.74, 6) is -1.03. The predicted molar refractivity (Wildman–Crippen MR) is 38.9 cm³/mol. The van der Waals surface area contributed by atoms with Crippen LogP contribution in [0.1, 0.15) is 17.7 Å². The summed E-state index contributed by atoms with van der Waals surface area (Å²) in [7, 11) is 0. The summed E-state index contributed by atoms with van der Waals surface area (Å²) in [6.07, 6.45) is -1.89. The highest BCUT2D eigenvalue weighted by Gasteiger charge is 2.19. The molecule has 1 aromatic rings. The Hall–Kier alpha value is -0.770. The Morgan fingerprint density at radius 1 is 1.50 bits per heavy atom. The fourth-order valence-corrected chi connectivity index (χ4v) is 0.994. The van der Waals surface area contributed by atoms with Crippen LogP contribution in [0.4, 0.5) is 13.2 Å². The van der Waals surface area contributed by atoms with Crippen molar-refractivity contribution in [1.29, 1.82) is 0 Å². The van der Waals surface area contributed by atoms with E-state index in [4.69, 9.17) is 11.6 Å². The molecule has 0 bridgehead atoms. The SMILES string of the molecule is Cc1ncc(Cl)c(C(F)F)c1F. The van der Waals surface area contributed by atoms with E-state index in [9.17, 15) is 13.2 Å². The maximum Gasteiger partial charge on any atom is 0.268 e. The van der Waals surface area contributed by atoms with Crippen molar-refractivity contribution in [2.75, 3.05) is 0 Å². The summed E-state index contributed by atoms with van der Waals surface area (Å²) in [5, 5.41) is -0.340. The second-order valence-corrected chi connectivity index (χ2v) is 2.63. The van der Waals surface area contributed by atoms with Crippen LogP contribution in [0.5, 0.6) is 0 Å². The average molecular weight is 196 g/mol. The molecule has 1 nitrogen and oxygen atoms in total. The van der Waals surface area contributed by atoms with E-state index < -0.39 is 17.8 Å². The van der Waals surface area contributed by atoms with E-state index in [1.807, 2.05) is 0 Å². The molecule has 0 unspecified atom stereocenters. The number of aromatic nitrogens is 1. The van der Waals surface area contributed by atoms with Gasteiger partial charge in [0.1, 0.15) is 0 Å². The van der Waals surface area contributed by atoms with Gasteiger partial charge >= 0.3 is 0 Å². The van der Waals surface area contributed by atoms with Crippen LogP contribution in [0.3, 0.4) is 0 Å². The lowest BCUT2D eigenvalue weighted by Crippen LogP contribution is -1.97. The van der Waals surface area contributed by atoms with Crippen LogP contribution in [-0.4, -0.2) is 4.98 Å². The van der Waals surface area contributed by atoms with Crippen LogP contribution < -0.4 is 0 Å². The maximum absolute atomic E-state index is 12.9. The number of hydrogen-bond acceptors (Lipinski definition) is 1. The van der Waals surface area contributed by atoms with E-state index in [1.54, 1.807) is 0 Å². The fraction of sp³-hybridized carbons (Fsp3) is 0.286. The molecule has 0 fully saturated rings. The molecule has 5 heteroatoms. The molecular formula is C7H5ClF3N. The molecule has 0 atom stereocenters. The zero-order chi connectivity index (χ0) is 9.30. The molecule has 0 spiro atoms. The van der Waals surface area contributed by atoms with Gasteiger partial charge in [-0.05, 0) is 6.92 Å². The summed E-state index contributed by atoms with van der Waals surface area (Å²) in [4.78, 5) is 3.48. The van der Waals surface area contributed by atoms with E-state index in [1.165, 1.54) is 6.92 Å². The Kier molecular flexibility index (Phi) is 2.57. The van der Waals surface area contributed by atoms with Gasteiger partial charge in [0.05, 0.1) is 16.3 Å². The average Bonchev–Trinajstić information content (AvgIpc) is 1.97. The van der Waals surface area contributed by atoms with Crippen molar-refractivity contribution in [3.8, 4) is 0 Å². The molecule has 1 heterocycles. The molecule has 0 saturated heterocycles. The Bertz CT molecular complexity index is 301. The second kappa shape index (κ2) is 3.31. The molecule has 66 valence electrons. The Morgan fingerprint density at radius 2 is 2.08 bits per heavy atom. The molecule has 0 aliphatic heterocycles. The summed E-state index contributed by atoms with van der Waals surface area (Å²) < 4.78 is 37.1. The number of alkyl halides is 2. The lowest BCUT2D eigenvalue weighted by atomic mass is 10.2. The second-order valence-electron chi connectivity index (χ2n) is 2.22. The topological polar surface area (TPSA) is 12.9 Å². The summed E-state index contributed by atoms with van der Waals surface area (Å²) in [6, 6.07) is 0. The van der Waals surface area contributed by atoms with Gasteiger partial charge in [0.2, 0.25) is 0 Å². The van der Waals surface area contributed by atoms with Crippen molar-refractivity contribution in [1.82, 2.24) is 4.98 Å². The van der Waals surface area contributed by atoms with Gasteiger partial charge < -0.3 is 0 Å². The standard InChI is InChI=1S/C7H5ClF3N/c1-3-6(9)5(7(10)11)4(8)2-12-3/h2,7H,1H3. The predicted octanol–water partition coefficient (Wildman–Crippen LogP) is 3.12. The van der Waals surface area contributed by atoms with Crippen LogP contribution in [0, 0.1) is 12.7 Å². The van der Waals surface area contributed by atoms with Crippen LogP contribution in [-0.2, 0) is 0 Å². The molecular weight excluding hydrogens is 191 g/mol. The largest absolute Gasteiger partial charge is 0.268 e. The number of hydrogen-bond donors (Lipinski definition) is 0. The molecule has 0 amide bonds. The van der Waals surface area contributed by atoms with Crippen LogP contribution in [0.2, 0.25) is 5.02 Å². The van der Waals surface area contributed by atoms with E-state index in [2.05, 4.69) is 4.98 Å². The quantitative estimate of drug-likeness (QED) is 0.671. The Balaban J connectivity index is 3.33. The van der Waals surface area contributed by atoms with Gasteiger partial charge in [0, 0.05) is 6.20 Å². The van der Waals surface area contributed by atoms with E-state index >= 15 is 0 Å². The minimum absolute atomic E-state index is 0.0744. The zero-order valence-corrected chi connectivity index (χ0v) is 6.87. The smallest absolute Gasteiger partial charge is 0.257 e. The third-order valence-electron chi connectivity index (χ3n) is 1.40. The van der Waals surface area contributed by atoms with Gasteiger partial charge in [-0.1, -0.05) is 11.6 Å². The summed E-state index contributed by atoms with van der Waals surface area (Å²) in [5.41, 5.74) is -0.848. The third-order valence-corrected chi connectivity index (χ3v) is 1.70. The molecule has 0 saturated carbocycles. The fourth-order valence-electron chi connectivity index (χ4n) is 0.779. The van der Waals surface area contributed by atoms with Crippen molar-refractivity contribution >= 4 is 11.6 Å². The number of aryl methyl sites for hydroxylation is 1. The number of nitrogens with zero attached hydrogens (tertiary/aromatic N) is 1. The normalized spacial score (nSPS) is 10.8. The number of halogens is 4. The molecule has 0 aliphatic carbocycles. The van der Waals surface area contributed by atoms with Gasteiger partial charge in [-0.2, -0.15) is 0 Å². The van der Waals surface area contributed by atoms with Crippen LogP contribution in [0.25, 0.3) is 0 Å². The van der Waals surface area contributed by atoms with Gasteiger partial charge in [0.15, 0.2) is 5.82 Å². The molecule has 1 rings (SSSR count). The highest BCUT2D eigenvalue weighted by Crippen LogP contribution is 2.29. The first kappa shape index (κ1) is 9.32. The Labute approximate surface area is 72.2 Å². The molecule has 1 aromatic heterocycles. The molecule has 0 aromatic carbocycles. The minimum Gasteiger partial charge on any atom is -0.257 e. The van der Waals surface area contributed by atoms with Crippen LogP contribution >= 0.6 is 11.6 Å². The molecule has 0 radical (unpaired) electrons. The monoisotopic (exact) mass is 195 g/mol. The maximum atomic E-state index is 12.9. The first-order chi connectivity index (χ1) is 5.54. The first-order valence-corrected chi connectivity index (χ1v) is 3.50. The van der Waals surface area contributed by atoms with E-state index in [0.717, 1.165) is 6.20 Å². The van der Waals surface area contributed by atoms with Crippen molar-refractivity contribution in [2.24, 2.45) is 0 Å². The van der Waals surface area contributed by atoms with Crippen LogP contribution in [0.15, 0.2) is 6.20 Å². The Morgan fingerprint density at radius 3 is 2.50 bits per heavy atom. The van der Waals surface area contributed by atoms with E-state index in [0.29, 0.717) is 0 Å². The van der Waals surface area contributed by atoms with Gasteiger partial charge in [-0.3, -0.25) is 4.98 Å². The molecule has 0 N–H and O–H groups in total. The minimum atomic E-state index is -2.90. The van der Waals surface area contributed by atoms with E-state index in [-0.39, 0.29) is 10.7 Å². The van der Waals surface area contributed by atoms with Crippen molar-refractivity contribution in [2.45, 2.75) is 13.3 Å². The number of pyridine rings is 1. The lowest BCUT2D eigenvalue weighted by molar-refractivity contribution is 0.146. The number of rotatable bonds is 1. The summed E-state index contributed by atoms with van der Waals surface area (Å²) >= 11 is 5.31. The molecule has 0 aliphatic rings. The summed E-state index contributed by atoms with van der Waals surface area (Å²) in [6.45, 7) is 1.30. The zero-order valence-electron chi connectivity index (χ0n) is 6.11. The highest BCUT2D eigenvalue weighted by molar-refractivity contribution is 6.31. The van der Waals surface area contributed by atoms with Crippen molar-refractivity contribution in [3.63, 3.8) is 0 Å². The van der Waals surface area contributed by atoms with Gasteiger partial charge in [-0.25, -0.2) is 13.2 Å². The van der Waals surface area contributed by atoms with Gasteiger partial charge in [0.25, 0.3) is 6.43 Å². The highest BCUT2D eigenvalue weighted by atomic mass is 35.5. The first-order valence-electron chi connectivity index (χ1n) is 3.12. The lowest BCUT2D eigenvalue weighted by Gasteiger charge is -2.05.